The number of amides is 1. The van der Waals surface area contributed by atoms with Crippen molar-refractivity contribution >= 4 is 33.2 Å². The van der Waals surface area contributed by atoms with E-state index in [2.05, 4.69) is 10.0 Å². The normalized spacial score (nSPS) is 13.0. The molecule has 1 atom stereocenters. The fraction of sp³-hybridized carbons (Fsp3) is 0.350. The standard InChI is InChI=1S/C20H25ClN2O4S/c1-5-14(2)23-28(25,26)18-12-8-16(9-13-18)22-19(24)20(3,4)27-17-10-6-15(21)7-11-17/h6-14,23H,5H2,1-4H3,(H,22,24). The molecule has 8 heteroatoms. The number of hydrogen-bond acceptors (Lipinski definition) is 4. The van der Waals surface area contributed by atoms with Crippen LogP contribution in [0.5, 0.6) is 5.75 Å². The van der Waals surface area contributed by atoms with Crippen molar-refractivity contribution in [3.05, 3.63) is 53.6 Å². The molecule has 1 amide bonds. The molecular formula is C20H25ClN2O4S. The van der Waals surface area contributed by atoms with Crippen LogP contribution in [0.2, 0.25) is 5.02 Å². The number of carbonyl (C=O) groups excluding carboxylic acids is 1. The van der Waals surface area contributed by atoms with E-state index in [1.54, 1.807) is 57.2 Å². The molecule has 0 spiro atoms. The van der Waals surface area contributed by atoms with Gasteiger partial charge in [-0.25, -0.2) is 13.1 Å². The second-order valence-electron chi connectivity index (χ2n) is 6.98. The van der Waals surface area contributed by atoms with Crippen LogP contribution in [0.1, 0.15) is 34.1 Å². The van der Waals surface area contributed by atoms with Crippen molar-refractivity contribution in [3.63, 3.8) is 0 Å². The minimum absolute atomic E-state index is 0.141. The molecule has 2 aromatic carbocycles. The van der Waals surface area contributed by atoms with Crippen LogP contribution in [0, 0.1) is 0 Å². The predicted octanol–water partition coefficient (Wildman–Crippen LogP) is 4.21. The number of benzene rings is 2. The van der Waals surface area contributed by atoms with Gasteiger partial charge in [0.1, 0.15) is 5.75 Å². The van der Waals surface area contributed by atoms with E-state index in [-0.39, 0.29) is 16.8 Å². The average molecular weight is 425 g/mol. The summed E-state index contributed by atoms with van der Waals surface area (Å²) in [5, 5.41) is 3.32. The van der Waals surface area contributed by atoms with Crippen LogP contribution in [0.3, 0.4) is 0 Å². The lowest BCUT2D eigenvalue weighted by Crippen LogP contribution is -2.42. The summed E-state index contributed by atoms with van der Waals surface area (Å²) in [6, 6.07) is 12.6. The molecule has 0 saturated heterocycles. The molecule has 0 fully saturated rings. The summed E-state index contributed by atoms with van der Waals surface area (Å²) >= 11 is 5.85. The topological polar surface area (TPSA) is 84.5 Å². The van der Waals surface area contributed by atoms with E-state index < -0.39 is 15.6 Å². The smallest absolute Gasteiger partial charge is 0.267 e. The van der Waals surface area contributed by atoms with Crippen molar-refractivity contribution in [2.75, 3.05) is 5.32 Å². The Morgan fingerprint density at radius 2 is 1.68 bits per heavy atom. The second-order valence-corrected chi connectivity index (χ2v) is 9.13. The van der Waals surface area contributed by atoms with Crippen LogP contribution in [-0.4, -0.2) is 26.0 Å². The molecule has 152 valence electrons. The zero-order valence-corrected chi connectivity index (χ0v) is 17.9. The Labute approximate surface area is 171 Å². The maximum absolute atomic E-state index is 12.6. The molecule has 0 aromatic heterocycles. The van der Waals surface area contributed by atoms with Gasteiger partial charge in [-0.2, -0.15) is 0 Å². The van der Waals surface area contributed by atoms with Crippen molar-refractivity contribution in [2.45, 2.75) is 50.7 Å². The van der Waals surface area contributed by atoms with E-state index in [0.29, 0.717) is 22.9 Å². The quantitative estimate of drug-likeness (QED) is 0.664. The molecule has 28 heavy (non-hydrogen) atoms. The van der Waals surface area contributed by atoms with E-state index in [1.165, 1.54) is 12.1 Å². The number of hydrogen-bond donors (Lipinski definition) is 2. The summed E-state index contributed by atoms with van der Waals surface area (Å²) in [5.74, 6) is 0.151. The van der Waals surface area contributed by atoms with E-state index in [9.17, 15) is 13.2 Å². The number of halogens is 1. The number of anilines is 1. The lowest BCUT2D eigenvalue weighted by atomic mass is 10.1. The lowest BCUT2D eigenvalue weighted by Gasteiger charge is -2.25. The third-order valence-electron chi connectivity index (χ3n) is 4.12. The zero-order valence-electron chi connectivity index (χ0n) is 16.3. The third kappa shape index (κ3) is 5.95. The maximum atomic E-state index is 12.6. The zero-order chi connectivity index (χ0) is 20.9. The molecule has 0 saturated carbocycles. The second kappa shape index (κ2) is 8.94. The molecular weight excluding hydrogens is 400 g/mol. The first-order valence-corrected chi connectivity index (χ1v) is 10.8. The van der Waals surface area contributed by atoms with Gasteiger partial charge in [0.15, 0.2) is 5.60 Å². The van der Waals surface area contributed by atoms with Crippen molar-refractivity contribution in [3.8, 4) is 5.75 Å². The van der Waals surface area contributed by atoms with Crippen molar-refractivity contribution < 1.29 is 17.9 Å². The van der Waals surface area contributed by atoms with Crippen LogP contribution in [0.4, 0.5) is 5.69 Å². The molecule has 1 unspecified atom stereocenters. The van der Waals surface area contributed by atoms with Crippen LogP contribution >= 0.6 is 11.6 Å². The van der Waals surface area contributed by atoms with E-state index in [0.717, 1.165) is 0 Å². The molecule has 2 N–H and O–H groups in total. The van der Waals surface area contributed by atoms with Crippen LogP contribution in [0.15, 0.2) is 53.4 Å². The summed E-state index contributed by atoms with van der Waals surface area (Å²) < 4.78 is 32.9. The molecule has 0 radical (unpaired) electrons. The van der Waals surface area contributed by atoms with E-state index >= 15 is 0 Å². The average Bonchev–Trinajstić information content (AvgIpc) is 2.63. The van der Waals surface area contributed by atoms with Crippen molar-refractivity contribution in [1.29, 1.82) is 0 Å². The van der Waals surface area contributed by atoms with Gasteiger partial charge in [-0.1, -0.05) is 18.5 Å². The largest absolute Gasteiger partial charge is 0.478 e. The lowest BCUT2D eigenvalue weighted by molar-refractivity contribution is -0.128. The summed E-state index contributed by atoms with van der Waals surface area (Å²) in [5.41, 5.74) is -0.670. The summed E-state index contributed by atoms with van der Waals surface area (Å²) in [6.07, 6.45) is 0.691. The molecule has 0 aliphatic rings. The first kappa shape index (κ1) is 22.2. The number of nitrogens with one attached hydrogen (secondary N) is 2. The highest BCUT2D eigenvalue weighted by Crippen LogP contribution is 2.22. The van der Waals surface area contributed by atoms with Gasteiger partial charge >= 0.3 is 0 Å². The summed E-state index contributed by atoms with van der Waals surface area (Å²) in [7, 11) is -3.59. The monoisotopic (exact) mass is 424 g/mol. The van der Waals surface area contributed by atoms with Crippen molar-refractivity contribution in [1.82, 2.24) is 4.72 Å². The van der Waals surface area contributed by atoms with Gasteiger partial charge in [0.2, 0.25) is 10.0 Å². The van der Waals surface area contributed by atoms with Gasteiger partial charge in [0, 0.05) is 16.8 Å². The minimum Gasteiger partial charge on any atom is -0.478 e. The highest BCUT2D eigenvalue weighted by Gasteiger charge is 2.30. The van der Waals surface area contributed by atoms with Gasteiger partial charge in [0.05, 0.1) is 4.90 Å². The van der Waals surface area contributed by atoms with Crippen molar-refractivity contribution in [2.24, 2.45) is 0 Å². The first-order valence-electron chi connectivity index (χ1n) is 8.92. The van der Waals surface area contributed by atoms with Crippen LogP contribution in [-0.2, 0) is 14.8 Å². The first-order chi connectivity index (χ1) is 13.0. The molecule has 2 rings (SSSR count). The van der Waals surface area contributed by atoms with Crippen LogP contribution < -0.4 is 14.8 Å². The molecule has 6 nitrogen and oxygen atoms in total. The van der Waals surface area contributed by atoms with E-state index in [4.69, 9.17) is 16.3 Å². The SMILES string of the molecule is CCC(C)NS(=O)(=O)c1ccc(NC(=O)C(C)(C)Oc2ccc(Cl)cc2)cc1. The molecule has 0 aliphatic heterocycles. The number of sulfonamides is 1. The number of carbonyl (C=O) groups is 1. The van der Waals surface area contributed by atoms with E-state index in [1.807, 2.05) is 6.92 Å². The van der Waals surface area contributed by atoms with Gasteiger partial charge in [-0.05, 0) is 75.7 Å². The Morgan fingerprint density at radius 1 is 1.11 bits per heavy atom. The minimum atomic E-state index is -3.59. The van der Waals surface area contributed by atoms with Gasteiger partial charge in [0.25, 0.3) is 5.91 Å². The molecule has 0 bridgehead atoms. The Hall–Kier alpha value is -2.09. The van der Waals surface area contributed by atoms with Gasteiger partial charge in [-0.15, -0.1) is 0 Å². The molecule has 0 aliphatic carbocycles. The summed E-state index contributed by atoms with van der Waals surface area (Å²) in [6.45, 7) is 6.99. The molecule has 2 aromatic rings. The third-order valence-corrected chi connectivity index (χ3v) is 5.98. The summed E-state index contributed by atoms with van der Waals surface area (Å²) in [4.78, 5) is 12.7. The maximum Gasteiger partial charge on any atom is 0.267 e. The Morgan fingerprint density at radius 3 is 2.21 bits per heavy atom. The fourth-order valence-corrected chi connectivity index (χ4v) is 3.71. The van der Waals surface area contributed by atoms with Crippen LogP contribution in [0.25, 0.3) is 0 Å². The predicted molar refractivity (Wildman–Crippen MR) is 111 cm³/mol. The Balaban J connectivity index is 2.06. The fourth-order valence-electron chi connectivity index (χ4n) is 2.26. The molecule has 0 heterocycles. The number of ether oxygens (including phenoxy) is 1. The van der Waals surface area contributed by atoms with Gasteiger partial charge in [-0.3, -0.25) is 4.79 Å². The highest BCUT2D eigenvalue weighted by molar-refractivity contribution is 7.89. The Bertz CT molecular complexity index is 910. The van der Waals surface area contributed by atoms with Gasteiger partial charge < -0.3 is 10.1 Å². The highest BCUT2D eigenvalue weighted by atomic mass is 35.5. The number of rotatable bonds is 8. The Kier molecular flexibility index (Phi) is 7.09.